The number of benzene rings is 3. The van der Waals surface area contributed by atoms with Crippen LogP contribution in [0, 0.1) is 17.5 Å². The number of anilines is 2. The predicted molar refractivity (Wildman–Crippen MR) is 120 cm³/mol. The second kappa shape index (κ2) is 8.57. The molecule has 0 aliphatic carbocycles. The Morgan fingerprint density at radius 1 is 1.03 bits per heavy atom. The molecule has 170 valence electrons. The van der Waals surface area contributed by atoms with Gasteiger partial charge in [-0.3, -0.25) is 4.79 Å². The molecule has 3 aromatic rings. The maximum Gasteiger partial charge on any atom is 0.260 e. The molecule has 0 aromatic heterocycles. The summed E-state index contributed by atoms with van der Waals surface area (Å²) >= 11 is 5.95. The van der Waals surface area contributed by atoms with Crippen LogP contribution in [0.4, 0.5) is 24.5 Å². The monoisotopic (exact) mass is 492 g/mol. The Bertz CT molecular complexity index is 1420. The molecule has 0 atom stereocenters. The number of amides is 1. The van der Waals surface area contributed by atoms with Gasteiger partial charge in [-0.1, -0.05) is 23.7 Å². The number of allylic oxidation sites excluding steroid dienone is 1. The molecule has 0 saturated heterocycles. The lowest BCUT2D eigenvalue weighted by molar-refractivity contribution is 0.102. The number of hydrogen-bond acceptors (Lipinski definition) is 4. The quantitative estimate of drug-likeness (QED) is 0.460. The first-order chi connectivity index (χ1) is 15.6. The Morgan fingerprint density at radius 3 is 2.48 bits per heavy atom. The van der Waals surface area contributed by atoms with Crippen LogP contribution in [0.15, 0.2) is 64.4 Å². The van der Waals surface area contributed by atoms with Crippen LogP contribution in [-0.4, -0.2) is 20.9 Å². The van der Waals surface area contributed by atoms with E-state index in [1.165, 1.54) is 24.3 Å². The van der Waals surface area contributed by atoms with Crippen LogP contribution in [0.1, 0.15) is 22.8 Å². The third kappa shape index (κ3) is 4.21. The normalized spacial score (nSPS) is 13.1. The molecule has 1 aliphatic heterocycles. The van der Waals surface area contributed by atoms with Gasteiger partial charge < -0.3 is 10.6 Å². The van der Waals surface area contributed by atoms with Crippen molar-refractivity contribution >= 4 is 44.3 Å². The second-order valence-corrected chi connectivity index (χ2v) is 9.62. The first kappa shape index (κ1) is 22.9. The standard InChI is InChI=1S/C23H16ClF3N2O3S/c1-12-7-8-28-19-9-13(29-23(30)22-15(24)3-2-4-17(22)26)10-20(21(12)19)33(31,32)14-5-6-16(25)18(27)11-14/h2-7,9-11,28H,8H2,1H3,(H,29,30). The third-order valence-electron chi connectivity index (χ3n) is 5.14. The number of nitrogens with one attached hydrogen (secondary N) is 2. The van der Waals surface area contributed by atoms with Gasteiger partial charge in [0, 0.05) is 23.5 Å². The van der Waals surface area contributed by atoms with E-state index in [0.717, 1.165) is 18.2 Å². The second-order valence-electron chi connectivity index (χ2n) is 7.30. The number of hydrogen-bond donors (Lipinski definition) is 2. The molecule has 1 amide bonds. The van der Waals surface area contributed by atoms with Gasteiger partial charge in [-0.2, -0.15) is 0 Å². The van der Waals surface area contributed by atoms with E-state index in [0.29, 0.717) is 29.4 Å². The van der Waals surface area contributed by atoms with Crippen molar-refractivity contribution in [1.29, 1.82) is 0 Å². The van der Waals surface area contributed by atoms with Gasteiger partial charge in [0.15, 0.2) is 11.6 Å². The van der Waals surface area contributed by atoms with Gasteiger partial charge in [0.25, 0.3) is 5.91 Å². The molecule has 5 nitrogen and oxygen atoms in total. The highest BCUT2D eigenvalue weighted by Gasteiger charge is 2.28. The highest BCUT2D eigenvalue weighted by atomic mass is 35.5. The topological polar surface area (TPSA) is 75.3 Å². The van der Waals surface area contributed by atoms with Gasteiger partial charge >= 0.3 is 0 Å². The third-order valence-corrected chi connectivity index (χ3v) is 7.23. The Hall–Kier alpha value is -3.30. The van der Waals surface area contributed by atoms with Crippen LogP contribution in [0.5, 0.6) is 0 Å². The predicted octanol–water partition coefficient (Wildman–Crippen LogP) is 5.67. The minimum atomic E-state index is -4.33. The highest BCUT2D eigenvalue weighted by molar-refractivity contribution is 7.91. The average Bonchev–Trinajstić information content (AvgIpc) is 2.75. The Morgan fingerprint density at radius 2 is 1.79 bits per heavy atom. The van der Waals surface area contributed by atoms with E-state index in [4.69, 9.17) is 11.6 Å². The van der Waals surface area contributed by atoms with Gasteiger partial charge in [0.05, 0.1) is 20.4 Å². The number of rotatable bonds is 4. The molecule has 0 bridgehead atoms. The summed E-state index contributed by atoms with van der Waals surface area (Å²) in [6.07, 6.45) is 1.77. The Kier molecular flexibility index (Phi) is 5.94. The zero-order valence-electron chi connectivity index (χ0n) is 17.0. The summed E-state index contributed by atoms with van der Waals surface area (Å²) in [7, 11) is -4.33. The Balaban J connectivity index is 1.85. The number of sulfone groups is 1. The van der Waals surface area contributed by atoms with Gasteiger partial charge in [-0.15, -0.1) is 0 Å². The fourth-order valence-corrected chi connectivity index (χ4v) is 5.37. The van der Waals surface area contributed by atoms with Gasteiger partial charge in [0.1, 0.15) is 5.82 Å². The average molecular weight is 493 g/mol. The fourth-order valence-electron chi connectivity index (χ4n) is 3.54. The van der Waals surface area contributed by atoms with Crippen molar-refractivity contribution in [3.8, 4) is 0 Å². The Labute approximate surface area is 192 Å². The van der Waals surface area contributed by atoms with E-state index in [1.807, 2.05) is 0 Å². The van der Waals surface area contributed by atoms with E-state index < -0.39 is 43.7 Å². The number of carbonyl (C=O) groups is 1. The molecule has 0 radical (unpaired) electrons. The summed E-state index contributed by atoms with van der Waals surface area (Å²) in [6.45, 7) is 2.11. The summed E-state index contributed by atoms with van der Waals surface area (Å²) in [5.74, 6) is -4.22. The van der Waals surface area contributed by atoms with Crippen LogP contribution in [0.2, 0.25) is 5.02 Å². The maximum atomic E-state index is 14.2. The summed E-state index contributed by atoms with van der Waals surface area (Å²) in [6, 6.07) is 8.73. The first-order valence-corrected chi connectivity index (χ1v) is 11.5. The fraction of sp³-hybridized carbons (Fsp3) is 0.0870. The van der Waals surface area contributed by atoms with Crippen molar-refractivity contribution in [2.75, 3.05) is 17.2 Å². The summed E-state index contributed by atoms with van der Waals surface area (Å²) in [4.78, 5) is 12.0. The zero-order valence-corrected chi connectivity index (χ0v) is 18.6. The SMILES string of the molecule is CC1=CCNc2cc(NC(=O)c3c(F)cccc3Cl)cc(S(=O)(=O)c3ccc(F)c(F)c3)c21. The summed E-state index contributed by atoms with van der Waals surface area (Å²) in [5, 5.41) is 5.38. The molecule has 1 heterocycles. The number of carbonyl (C=O) groups excluding carboxylic acids is 1. The maximum absolute atomic E-state index is 14.2. The zero-order chi connectivity index (χ0) is 23.9. The van der Waals surface area contributed by atoms with E-state index >= 15 is 0 Å². The summed E-state index contributed by atoms with van der Waals surface area (Å²) in [5.41, 5.74) is 1.01. The molecule has 3 aromatic carbocycles. The molecule has 0 saturated carbocycles. The van der Waals surface area contributed by atoms with Crippen molar-refractivity contribution in [2.24, 2.45) is 0 Å². The molecule has 2 N–H and O–H groups in total. The molecule has 0 spiro atoms. The van der Waals surface area contributed by atoms with E-state index in [-0.39, 0.29) is 15.6 Å². The van der Waals surface area contributed by atoms with Crippen molar-refractivity contribution < 1.29 is 26.4 Å². The molecule has 0 unspecified atom stereocenters. The van der Waals surface area contributed by atoms with Crippen LogP contribution in [-0.2, 0) is 9.84 Å². The van der Waals surface area contributed by atoms with Gasteiger partial charge in [-0.05, 0) is 55.0 Å². The minimum Gasteiger partial charge on any atom is -0.381 e. The van der Waals surface area contributed by atoms with Gasteiger partial charge in [0.2, 0.25) is 9.84 Å². The van der Waals surface area contributed by atoms with Crippen LogP contribution in [0.3, 0.4) is 0 Å². The first-order valence-electron chi connectivity index (χ1n) is 9.64. The lowest BCUT2D eigenvalue weighted by Crippen LogP contribution is -2.17. The molecule has 4 rings (SSSR count). The van der Waals surface area contributed by atoms with Crippen LogP contribution >= 0.6 is 11.6 Å². The molecular formula is C23H16ClF3N2O3S. The van der Waals surface area contributed by atoms with E-state index in [1.54, 1.807) is 13.0 Å². The van der Waals surface area contributed by atoms with Crippen molar-refractivity contribution in [2.45, 2.75) is 16.7 Å². The van der Waals surface area contributed by atoms with Crippen LogP contribution < -0.4 is 10.6 Å². The molecule has 10 heteroatoms. The lowest BCUT2D eigenvalue weighted by Gasteiger charge is -2.22. The van der Waals surface area contributed by atoms with Crippen LogP contribution in [0.25, 0.3) is 5.57 Å². The largest absolute Gasteiger partial charge is 0.381 e. The van der Waals surface area contributed by atoms with Crippen molar-refractivity contribution in [1.82, 2.24) is 0 Å². The molecule has 0 fully saturated rings. The highest BCUT2D eigenvalue weighted by Crippen LogP contribution is 2.39. The minimum absolute atomic E-state index is 0.0430. The summed E-state index contributed by atoms with van der Waals surface area (Å²) < 4.78 is 68.1. The number of fused-ring (bicyclic) bond motifs is 1. The van der Waals surface area contributed by atoms with E-state index in [9.17, 15) is 26.4 Å². The van der Waals surface area contributed by atoms with Crippen molar-refractivity contribution in [3.05, 3.63) is 88.2 Å². The van der Waals surface area contributed by atoms with Crippen molar-refractivity contribution in [3.63, 3.8) is 0 Å². The lowest BCUT2D eigenvalue weighted by atomic mass is 10.0. The van der Waals surface area contributed by atoms with E-state index in [2.05, 4.69) is 10.6 Å². The van der Waals surface area contributed by atoms with Gasteiger partial charge in [-0.25, -0.2) is 21.6 Å². The number of halogens is 4. The molecular weight excluding hydrogens is 477 g/mol. The molecule has 33 heavy (non-hydrogen) atoms. The smallest absolute Gasteiger partial charge is 0.260 e. The molecule has 1 aliphatic rings.